The van der Waals surface area contributed by atoms with Gasteiger partial charge < -0.3 is 10.2 Å². The molecule has 2 rings (SSSR count). The minimum atomic E-state index is -0.347. The van der Waals surface area contributed by atoms with E-state index in [9.17, 15) is 9.59 Å². The van der Waals surface area contributed by atoms with Crippen molar-refractivity contribution < 1.29 is 10.2 Å². The molecule has 0 aliphatic rings. The van der Waals surface area contributed by atoms with Gasteiger partial charge in [0.15, 0.2) is 11.5 Å². The first kappa shape index (κ1) is 16.5. The molecule has 0 atom stereocenters. The fourth-order valence-electron chi connectivity index (χ4n) is 1.04. The quantitative estimate of drug-likeness (QED) is 0.690. The Hall–Kier alpha value is -2.45. The molecule has 2 radical (unpaired) electrons. The normalized spacial score (nSPS) is 8.42. The van der Waals surface area contributed by atoms with Crippen LogP contribution < -0.4 is 10.9 Å². The van der Waals surface area contributed by atoms with Crippen molar-refractivity contribution in [1.82, 2.24) is 0 Å². The van der Waals surface area contributed by atoms with E-state index in [1.807, 2.05) is 0 Å². The fourth-order valence-corrected chi connectivity index (χ4v) is 1.04. The van der Waals surface area contributed by atoms with Crippen LogP contribution in [0.3, 0.4) is 0 Å². The van der Waals surface area contributed by atoms with Crippen LogP contribution >= 0.6 is 0 Å². The van der Waals surface area contributed by atoms with E-state index in [0.717, 1.165) is 0 Å². The van der Waals surface area contributed by atoms with Crippen LogP contribution in [0.5, 0.6) is 11.5 Å². The predicted octanol–water partition coefficient (Wildman–Crippen LogP) is 1.12. The minimum Gasteiger partial charge on any atom is -0.504 e. The van der Waals surface area contributed by atoms with Gasteiger partial charge in [-0.2, -0.15) is 0 Å². The summed E-state index contributed by atoms with van der Waals surface area (Å²) in [5.74, 6) is -0.417. The molecule has 0 bridgehead atoms. The molecule has 0 aliphatic heterocycles. The Morgan fingerprint density at radius 1 is 0.579 bits per heavy atom. The Kier molecular flexibility index (Phi) is 7.50. The van der Waals surface area contributed by atoms with Gasteiger partial charge in [0.25, 0.3) is 0 Å². The van der Waals surface area contributed by atoms with E-state index in [2.05, 4.69) is 0 Å². The SMILES string of the molecule is O=c1cccccc1O.O=c1cccccc1O.[Be]. The Labute approximate surface area is 113 Å². The van der Waals surface area contributed by atoms with Crippen LogP contribution in [0.15, 0.2) is 70.3 Å². The summed E-state index contributed by atoms with van der Waals surface area (Å²) in [5.41, 5.74) is -0.694. The van der Waals surface area contributed by atoms with Crippen LogP contribution in [0.4, 0.5) is 0 Å². The predicted molar refractivity (Wildman–Crippen MR) is 74.5 cm³/mol. The second-order valence-corrected chi connectivity index (χ2v) is 3.32. The first-order chi connectivity index (χ1) is 8.61. The third-order valence-corrected chi connectivity index (χ3v) is 1.95. The van der Waals surface area contributed by atoms with Crippen molar-refractivity contribution in [3.63, 3.8) is 0 Å². The zero-order chi connectivity index (χ0) is 13.4. The van der Waals surface area contributed by atoms with Crippen molar-refractivity contribution >= 4 is 10.1 Å². The topological polar surface area (TPSA) is 74.6 Å². The van der Waals surface area contributed by atoms with Crippen molar-refractivity contribution in [2.75, 3.05) is 0 Å². The van der Waals surface area contributed by atoms with Gasteiger partial charge in [-0.3, -0.25) is 9.59 Å². The summed E-state index contributed by atoms with van der Waals surface area (Å²) < 4.78 is 0. The Morgan fingerprint density at radius 3 is 1.26 bits per heavy atom. The second-order valence-electron chi connectivity index (χ2n) is 3.32. The van der Waals surface area contributed by atoms with E-state index >= 15 is 0 Å². The van der Waals surface area contributed by atoms with E-state index in [4.69, 9.17) is 10.2 Å². The van der Waals surface area contributed by atoms with Gasteiger partial charge in [0.1, 0.15) is 0 Å². The molecule has 0 spiro atoms. The molecule has 0 saturated heterocycles. The van der Waals surface area contributed by atoms with Gasteiger partial charge in [-0.05, 0) is 24.3 Å². The van der Waals surface area contributed by atoms with Crippen LogP contribution in [0.25, 0.3) is 0 Å². The molecule has 94 valence electrons. The summed E-state index contributed by atoms with van der Waals surface area (Å²) in [6.45, 7) is 0. The Bertz CT molecular complexity index is 572. The molecule has 0 aromatic heterocycles. The summed E-state index contributed by atoms with van der Waals surface area (Å²) >= 11 is 0. The second kappa shape index (κ2) is 8.61. The summed E-state index contributed by atoms with van der Waals surface area (Å²) in [7, 11) is 0. The molecule has 0 heterocycles. The number of aromatic hydroxyl groups is 2. The molecule has 0 saturated carbocycles. The van der Waals surface area contributed by atoms with Crippen molar-refractivity contribution in [3.8, 4) is 11.5 Å². The molecule has 5 heteroatoms. The van der Waals surface area contributed by atoms with Gasteiger partial charge in [-0.1, -0.05) is 36.4 Å². The third-order valence-electron chi connectivity index (χ3n) is 1.95. The van der Waals surface area contributed by atoms with Gasteiger partial charge >= 0.3 is 0 Å². The van der Waals surface area contributed by atoms with Crippen LogP contribution in [-0.2, 0) is 0 Å². The molecule has 2 aromatic carbocycles. The van der Waals surface area contributed by atoms with E-state index < -0.39 is 0 Å². The van der Waals surface area contributed by atoms with E-state index in [1.165, 1.54) is 24.3 Å². The van der Waals surface area contributed by atoms with Crippen LogP contribution in [-0.4, -0.2) is 20.3 Å². The molecule has 2 aromatic rings. The van der Waals surface area contributed by atoms with Crippen LogP contribution in [0.2, 0.25) is 0 Å². The maximum absolute atomic E-state index is 10.6. The monoisotopic (exact) mass is 253 g/mol. The summed E-state index contributed by atoms with van der Waals surface area (Å²) in [4.78, 5) is 21.1. The number of hydrogen-bond acceptors (Lipinski definition) is 4. The average Bonchev–Trinajstić information content (AvgIpc) is 2.65. The first-order valence-electron chi connectivity index (χ1n) is 5.18. The Morgan fingerprint density at radius 2 is 0.895 bits per heavy atom. The molecule has 0 aliphatic carbocycles. The molecular formula is C14H12BeO4. The molecule has 0 fully saturated rings. The molecule has 0 unspecified atom stereocenters. The van der Waals surface area contributed by atoms with Crippen molar-refractivity contribution in [3.05, 3.63) is 81.1 Å². The molecular weight excluding hydrogens is 241 g/mol. The first-order valence-corrected chi connectivity index (χ1v) is 5.18. The standard InChI is InChI=1S/2C7H6O2.Be/c2*8-6-4-2-1-3-5-7(6)9;/h2*1-5H,(H,8,9);. The summed E-state index contributed by atoms with van der Waals surface area (Å²) in [5, 5.41) is 17.5. The maximum atomic E-state index is 10.6. The van der Waals surface area contributed by atoms with Gasteiger partial charge in [-0.25, -0.2) is 0 Å². The zero-order valence-electron chi connectivity index (χ0n) is 10.2. The fraction of sp³-hybridized carbons (Fsp3) is 0. The van der Waals surface area contributed by atoms with Gasteiger partial charge in [-0.15, -0.1) is 0 Å². The summed E-state index contributed by atoms with van der Waals surface area (Å²) in [6, 6.07) is 15.1. The zero-order valence-corrected chi connectivity index (χ0v) is 10.2. The van der Waals surface area contributed by atoms with Gasteiger partial charge in [0, 0.05) is 10.1 Å². The largest absolute Gasteiger partial charge is 0.504 e. The van der Waals surface area contributed by atoms with Crippen molar-refractivity contribution in [2.24, 2.45) is 0 Å². The van der Waals surface area contributed by atoms with Gasteiger partial charge in [0.2, 0.25) is 10.9 Å². The average molecular weight is 253 g/mol. The van der Waals surface area contributed by atoms with Crippen molar-refractivity contribution in [2.45, 2.75) is 0 Å². The molecule has 0 amide bonds. The van der Waals surface area contributed by atoms with Crippen molar-refractivity contribution in [1.29, 1.82) is 0 Å². The van der Waals surface area contributed by atoms with E-state index in [-0.39, 0.29) is 32.5 Å². The van der Waals surface area contributed by atoms with Crippen LogP contribution in [0, 0.1) is 0 Å². The Balaban J connectivity index is 0.000000324. The van der Waals surface area contributed by atoms with E-state index in [0.29, 0.717) is 0 Å². The molecule has 4 nitrogen and oxygen atoms in total. The van der Waals surface area contributed by atoms with Gasteiger partial charge in [0.05, 0.1) is 0 Å². The number of hydrogen-bond donors (Lipinski definition) is 2. The minimum absolute atomic E-state index is 0. The smallest absolute Gasteiger partial charge is 0.220 e. The van der Waals surface area contributed by atoms with Crippen LogP contribution in [0.1, 0.15) is 0 Å². The molecule has 19 heavy (non-hydrogen) atoms. The van der Waals surface area contributed by atoms with E-state index in [1.54, 1.807) is 36.4 Å². The number of rotatable bonds is 0. The third kappa shape index (κ3) is 6.15. The summed E-state index contributed by atoms with van der Waals surface area (Å²) in [6.07, 6.45) is 0. The maximum Gasteiger partial charge on any atom is 0.220 e. The molecule has 2 N–H and O–H groups in total.